The normalized spacial score (nSPS) is 15.7. The van der Waals surface area contributed by atoms with Crippen LogP contribution in [-0.4, -0.2) is 61.1 Å². The van der Waals surface area contributed by atoms with E-state index in [4.69, 9.17) is 9.47 Å². The first-order valence-electron chi connectivity index (χ1n) is 11.4. The number of rotatable bonds is 6. The van der Waals surface area contributed by atoms with Gasteiger partial charge in [-0.15, -0.1) is 11.3 Å². The molecule has 0 atom stereocenters. The average Bonchev–Trinajstić information content (AvgIpc) is 3.35. The SMILES string of the molecule is CCOc1ccccc1N1CCN(C(=O)c2csc(CN3C(=O)COc4ccccc43)n2)CC1. The van der Waals surface area contributed by atoms with E-state index in [1.54, 1.807) is 10.3 Å². The molecule has 2 amide bonds. The summed E-state index contributed by atoms with van der Waals surface area (Å²) in [6, 6.07) is 15.5. The third-order valence-corrected chi connectivity index (χ3v) is 6.78. The first-order chi connectivity index (χ1) is 16.6. The molecule has 0 bridgehead atoms. The van der Waals surface area contributed by atoms with Crippen LogP contribution in [0.5, 0.6) is 11.5 Å². The van der Waals surface area contributed by atoms with Crippen LogP contribution < -0.4 is 19.3 Å². The molecule has 8 nitrogen and oxygen atoms in total. The molecule has 0 N–H and O–H groups in total. The lowest BCUT2D eigenvalue weighted by atomic mass is 10.2. The second-order valence-electron chi connectivity index (χ2n) is 8.04. The third kappa shape index (κ3) is 4.43. The zero-order valence-corrected chi connectivity index (χ0v) is 19.8. The second-order valence-corrected chi connectivity index (χ2v) is 8.99. The van der Waals surface area contributed by atoms with Gasteiger partial charge in [0.2, 0.25) is 0 Å². The summed E-state index contributed by atoms with van der Waals surface area (Å²) in [5.41, 5.74) is 2.21. The zero-order chi connectivity index (χ0) is 23.5. The van der Waals surface area contributed by atoms with Crippen LogP contribution in [0, 0.1) is 0 Å². The van der Waals surface area contributed by atoms with Gasteiger partial charge >= 0.3 is 0 Å². The number of carbonyl (C=O) groups is 2. The molecule has 1 aromatic heterocycles. The maximum atomic E-state index is 13.1. The van der Waals surface area contributed by atoms with Crippen LogP contribution in [0.25, 0.3) is 0 Å². The minimum absolute atomic E-state index is 0.00484. The summed E-state index contributed by atoms with van der Waals surface area (Å²) in [4.78, 5) is 35.9. The van der Waals surface area contributed by atoms with Crippen LogP contribution in [0.2, 0.25) is 0 Å². The first-order valence-corrected chi connectivity index (χ1v) is 12.2. The standard InChI is InChI=1S/C25H26N4O4S/c1-2-32-21-9-5-3-7-19(21)27-11-13-28(14-12-27)25(31)18-17-34-23(26-18)15-29-20-8-4-6-10-22(20)33-16-24(29)30/h3-10,17H,2,11-16H2,1H3. The summed E-state index contributed by atoms with van der Waals surface area (Å²) >= 11 is 1.40. The van der Waals surface area contributed by atoms with Crippen LogP contribution in [0.3, 0.4) is 0 Å². The van der Waals surface area contributed by atoms with Gasteiger partial charge in [-0.1, -0.05) is 24.3 Å². The Hall–Kier alpha value is -3.59. The topological polar surface area (TPSA) is 75.2 Å². The summed E-state index contributed by atoms with van der Waals surface area (Å²) in [6.45, 7) is 5.59. The van der Waals surface area contributed by atoms with Crippen molar-refractivity contribution in [2.24, 2.45) is 0 Å². The van der Waals surface area contributed by atoms with Gasteiger partial charge in [-0.05, 0) is 31.2 Å². The molecular formula is C25H26N4O4S. The van der Waals surface area contributed by atoms with Gasteiger partial charge in [0.1, 0.15) is 22.2 Å². The molecule has 3 heterocycles. The molecule has 1 saturated heterocycles. The van der Waals surface area contributed by atoms with E-state index in [2.05, 4.69) is 16.0 Å². The summed E-state index contributed by atoms with van der Waals surface area (Å²) < 4.78 is 11.3. The number of ether oxygens (including phenoxy) is 2. The lowest BCUT2D eigenvalue weighted by Gasteiger charge is -2.36. The summed E-state index contributed by atoms with van der Waals surface area (Å²) in [5, 5.41) is 2.50. The number of anilines is 2. The van der Waals surface area contributed by atoms with Gasteiger partial charge in [0.15, 0.2) is 6.61 Å². The number of aromatic nitrogens is 1. The summed E-state index contributed by atoms with van der Waals surface area (Å²) in [7, 11) is 0. The molecule has 0 saturated carbocycles. The maximum absolute atomic E-state index is 13.1. The monoisotopic (exact) mass is 478 g/mol. The predicted octanol–water partition coefficient (Wildman–Crippen LogP) is 3.43. The van der Waals surface area contributed by atoms with E-state index in [1.807, 2.05) is 54.3 Å². The maximum Gasteiger partial charge on any atom is 0.273 e. The van der Waals surface area contributed by atoms with Crippen molar-refractivity contribution >= 4 is 34.5 Å². The Morgan fingerprint density at radius 3 is 2.59 bits per heavy atom. The molecular weight excluding hydrogens is 452 g/mol. The van der Waals surface area contributed by atoms with E-state index in [9.17, 15) is 9.59 Å². The lowest BCUT2D eigenvalue weighted by Crippen LogP contribution is -2.49. The number of fused-ring (bicyclic) bond motifs is 1. The Labute approximate surface area is 202 Å². The van der Waals surface area contributed by atoms with Crippen LogP contribution in [0.1, 0.15) is 22.4 Å². The van der Waals surface area contributed by atoms with Gasteiger partial charge in [0.25, 0.3) is 11.8 Å². The highest BCUT2D eigenvalue weighted by Crippen LogP contribution is 2.33. The van der Waals surface area contributed by atoms with E-state index >= 15 is 0 Å². The fourth-order valence-electron chi connectivity index (χ4n) is 4.25. The Kier molecular flexibility index (Phi) is 6.35. The number of para-hydroxylation sites is 4. The number of hydrogen-bond acceptors (Lipinski definition) is 7. The molecule has 9 heteroatoms. The highest BCUT2D eigenvalue weighted by atomic mass is 32.1. The molecule has 2 aliphatic rings. The molecule has 0 unspecified atom stereocenters. The van der Waals surface area contributed by atoms with Gasteiger partial charge < -0.3 is 19.3 Å². The Balaban J connectivity index is 1.23. The number of carbonyl (C=O) groups excluding carboxylic acids is 2. The number of amides is 2. The summed E-state index contributed by atoms with van der Waals surface area (Å²) in [5.74, 6) is 1.35. The second kappa shape index (κ2) is 9.72. The van der Waals surface area contributed by atoms with Gasteiger partial charge in [-0.3, -0.25) is 14.5 Å². The van der Waals surface area contributed by atoms with Crippen molar-refractivity contribution in [3.05, 3.63) is 64.6 Å². The van der Waals surface area contributed by atoms with E-state index in [-0.39, 0.29) is 18.4 Å². The van der Waals surface area contributed by atoms with Crippen molar-refractivity contribution in [1.29, 1.82) is 0 Å². The molecule has 34 heavy (non-hydrogen) atoms. The summed E-state index contributed by atoms with van der Waals surface area (Å²) in [6.07, 6.45) is 0. The van der Waals surface area contributed by atoms with Crippen molar-refractivity contribution < 1.29 is 19.1 Å². The van der Waals surface area contributed by atoms with Crippen molar-refractivity contribution in [3.63, 3.8) is 0 Å². The average molecular weight is 479 g/mol. The largest absolute Gasteiger partial charge is 0.492 e. The number of benzene rings is 2. The van der Waals surface area contributed by atoms with Crippen LogP contribution in [0.4, 0.5) is 11.4 Å². The Morgan fingerprint density at radius 2 is 1.79 bits per heavy atom. The highest BCUT2D eigenvalue weighted by Gasteiger charge is 2.28. The quantitative estimate of drug-likeness (QED) is 0.540. The number of nitrogens with zero attached hydrogens (tertiary/aromatic N) is 4. The van der Waals surface area contributed by atoms with Gasteiger partial charge in [-0.25, -0.2) is 4.98 Å². The van der Waals surface area contributed by atoms with Crippen molar-refractivity contribution in [3.8, 4) is 11.5 Å². The Morgan fingerprint density at radius 1 is 1.06 bits per heavy atom. The minimum Gasteiger partial charge on any atom is -0.492 e. The molecule has 2 aliphatic heterocycles. The third-order valence-electron chi connectivity index (χ3n) is 5.95. The molecule has 0 radical (unpaired) electrons. The van der Waals surface area contributed by atoms with Crippen molar-refractivity contribution in [2.75, 3.05) is 49.2 Å². The van der Waals surface area contributed by atoms with E-state index < -0.39 is 0 Å². The van der Waals surface area contributed by atoms with Crippen molar-refractivity contribution in [1.82, 2.24) is 9.88 Å². The fourth-order valence-corrected chi connectivity index (χ4v) is 5.01. The minimum atomic E-state index is -0.120. The van der Waals surface area contributed by atoms with Crippen LogP contribution >= 0.6 is 11.3 Å². The molecule has 176 valence electrons. The van der Waals surface area contributed by atoms with E-state index in [0.29, 0.717) is 37.7 Å². The van der Waals surface area contributed by atoms with Gasteiger partial charge in [-0.2, -0.15) is 0 Å². The highest BCUT2D eigenvalue weighted by molar-refractivity contribution is 7.09. The van der Waals surface area contributed by atoms with E-state index in [1.165, 1.54) is 11.3 Å². The zero-order valence-electron chi connectivity index (χ0n) is 19.0. The smallest absolute Gasteiger partial charge is 0.273 e. The van der Waals surface area contributed by atoms with Crippen molar-refractivity contribution in [2.45, 2.75) is 13.5 Å². The molecule has 1 fully saturated rings. The molecule has 0 spiro atoms. The molecule has 5 rings (SSSR count). The van der Waals surface area contributed by atoms with Crippen LogP contribution in [0.15, 0.2) is 53.9 Å². The van der Waals surface area contributed by atoms with Crippen LogP contribution in [-0.2, 0) is 11.3 Å². The number of thiazole rings is 1. The Bertz CT molecular complexity index is 1190. The molecule has 0 aliphatic carbocycles. The number of piperazine rings is 1. The fraction of sp³-hybridized carbons (Fsp3) is 0.320. The lowest BCUT2D eigenvalue weighted by molar-refractivity contribution is -0.121. The first kappa shape index (κ1) is 22.2. The van der Waals surface area contributed by atoms with Gasteiger partial charge in [0, 0.05) is 31.6 Å². The molecule has 2 aromatic carbocycles. The number of hydrogen-bond donors (Lipinski definition) is 0. The molecule has 3 aromatic rings. The van der Waals surface area contributed by atoms with Gasteiger partial charge in [0.05, 0.1) is 24.5 Å². The van der Waals surface area contributed by atoms with E-state index in [0.717, 1.165) is 35.2 Å². The predicted molar refractivity (Wildman–Crippen MR) is 131 cm³/mol.